The van der Waals surface area contributed by atoms with Crippen LogP contribution < -0.4 is 4.90 Å². The van der Waals surface area contributed by atoms with E-state index >= 15 is 0 Å². The van der Waals surface area contributed by atoms with Gasteiger partial charge in [0, 0.05) is 44.6 Å². The van der Waals surface area contributed by atoms with E-state index in [1.165, 1.54) is 0 Å². The molecule has 0 aliphatic carbocycles. The fourth-order valence-corrected chi connectivity index (χ4v) is 4.92. The predicted molar refractivity (Wildman–Crippen MR) is 148 cm³/mol. The third-order valence-corrected chi connectivity index (χ3v) is 6.93. The first-order valence-electron chi connectivity index (χ1n) is 13.3. The molecule has 1 aliphatic rings. The summed E-state index contributed by atoms with van der Waals surface area (Å²) >= 11 is 0. The van der Waals surface area contributed by atoms with Gasteiger partial charge in [0.15, 0.2) is 0 Å². The number of carbonyl (C=O) groups is 2. The van der Waals surface area contributed by atoms with Gasteiger partial charge in [0.25, 0.3) is 0 Å². The monoisotopic (exact) mass is 521 g/mol. The number of esters is 1. The molecule has 4 heterocycles. The minimum absolute atomic E-state index is 0.257. The quantitative estimate of drug-likeness (QED) is 0.415. The average Bonchev–Trinajstić information content (AvgIpc) is 3.29. The standard InChI is InChI=1S/C29H39N5O4/c1-8-37-27(35)22-17-24-26(21-9-12-30-25(16-21)32(6)7)31-18-34(24)23(19(22)2)15-20-10-13-33(14-11-20)28(36)38-29(3,4)5/h9,12,16-18,20H,8,10-11,13-15H2,1-7H3. The van der Waals surface area contributed by atoms with Crippen molar-refractivity contribution in [2.24, 2.45) is 5.92 Å². The number of nitrogens with zero attached hydrogens (tertiary/aromatic N) is 5. The van der Waals surface area contributed by atoms with Crippen LogP contribution in [0.1, 0.15) is 62.2 Å². The Balaban J connectivity index is 1.67. The maximum Gasteiger partial charge on any atom is 0.410 e. The highest BCUT2D eigenvalue weighted by molar-refractivity contribution is 5.94. The van der Waals surface area contributed by atoms with Crippen molar-refractivity contribution in [1.82, 2.24) is 19.3 Å². The Labute approximate surface area is 224 Å². The van der Waals surface area contributed by atoms with Gasteiger partial charge in [-0.3, -0.25) is 0 Å². The Morgan fingerprint density at radius 1 is 1.13 bits per heavy atom. The number of anilines is 1. The number of aromatic nitrogens is 3. The fraction of sp³-hybridized carbons (Fsp3) is 0.517. The zero-order valence-electron chi connectivity index (χ0n) is 23.6. The summed E-state index contributed by atoms with van der Waals surface area (Å²) < 4.78 is 13.1. The van der Waals surface area contributed by atoms with Crippen LogP contribution >= 0.6 is 0 Å². The molecule has 0 aromatic carbocycles. The van der Waals surface area contributed by atoms with Gasteiger partial charge in [0.2, 0.25) is 0 Å². The highest BCUT2D eigenvalue weighted by Crippen LogP contribution is 2.32. The van der Waals surface area contributed by atoms with Crippen molar-refractivity contribution in [3.63, 3.8) is 0 Å². The number of piperidine rings is 1. The smallest absolute Gasteiger partial charge is 0.410 e. The van der Waals surface area contributed by atoms with Gasteiger partial charge >= 0.3 is 12.1 Å². The Morgan fingerprint density at radius 2 is 1.84 bits per heavy atom. The number of hydrogen-bond acceptors (Lipinski definition) is 7. The van der Waals surface area contributed by atoms with Gasteiger partial charge in [-0.05, 0) is 83.6 Å². The van der Waals surface area contributed by atoms with Crippen molar-refractivity contribution in [3.8, 4) is 11.3 Å². The Morgan fingerprint density at radius 3 is 2.47 bits per heavy atom. The largest absolute Gasteiger partial charge is 0.462 e. The number of imidazole rings is 1. The lowest BCUT2D eigenvalue weighted by molar-refractivity contribution is 0.0183. The van der Waals surface area contributed by atoms with E-state index in [0.29, 0.717) is 31.2 Å². The van der Waals surface area contributed by atoms with Crippen molar-refractivity contribution < 1.29 is 19.1 Å². The summed E-state index contributed by atoms with van der Waals surface area (Å²) in [5.41, 5.74) is 4.58. The van der Waals surface area contributed by atoms with Crippen molar-refractivity contribution in [1.29, 1.82) is 0 Å². The molecule has 0 unspecified atom stereocenters. The lowest BCUT2D eigenvalue weighted by Crippen LogP contribution is -2.42. The first-order chi connectivity index (χ1) is 18.0. The number of carbonyl (C=O) groups excluding carboxylic acids is 2. The summed E-state index contributed by atoms with van der Waals surface area (Å²) in [4.78, 5) is 38.4. The molecule has 0 atom stereocenters. The van der Waals surface area contributed by atoms with Crippen molar-refractivity contribution >= 4 is 23.4 Å². The molecular weight excluding hydrogens is 482 g/mol. The zero-order valence-corrected chi connectivity index (χ0v) is 23.6. The number of fused-ring (bicyclic) bond motifs is 1. The average molecular weight is 522 g/mol. The second-order valence-corrected chi connectivity index (χ2v) is 11.1. The lowest BCUT2D eigenvalue weighted by atomic mass is 9.89. The topological polar surface area (TPSA) is 89.3 Å². The summed E-state index contributed by atoms with van der Waals surface area (Å²) in [6.45, 7) is 11.1. The lowest BCUT2D eigenvalue weighted by Gasteiger charge is -2.33. The molecular formula is C29H39N5O4. The number of rotatable bonds is 6. The third-order valence-electron chi connectivity index (χ3n) is 6.93. The van der Waals surface area contributed by atoms with Crippen molar-refractivity contribution in [3.05, 3.63) is 47.5 Å². The van der Waals surface area contributed by atoms with Crippen LogP contribution in [0.2, 0.25) is 0 Å². The first kappa shape index (κ1) is 27.4. The van der Waals surface area contributed by atoms with E-state index in [-0.39, 0.29) is 12.1 Å². The highest BCUT2D eigenvalue weighted by atomic mass is 16.6. The van der Waals surface area contributed by atoms with E-state index < -0.39 is 5.60 Å². The Bertz CT molecular complexity index is 1320. The number of likely N-dealkylation sites (tertiary alicyclic amines) is 1. The molecule has 3 aromatic rings. The summed E-state index contributed by atoms with van der Waals surface area (Å²) in [5, 5.41) is 0. The summed E-state index contributed by atoms with van der Waals surface area (Å²) in [7, 11) is 3.90. The molecule has 0 radical (unpaired) electrons. The maximum atomic E-state index is 13.0. The van der Waals surface area contributed by atoms with Crippen LogP contribution in [0.4, 0.5) is 10.6 Å². The first-order valence-corrected chi connectivity index (χ1v) is 13.3. The molecule has 38 heavy (non-hydrogen) atoms. The molecule has 204 valence electrons. The van der Waals surface area contributed by atoms with Crippen LogP contribution in [0.5, 0.6) is 0 Å². The van der Waals surface area contributed by atoms with Crippen LogP contribution in [-0.4, -0.2) is 70.7 Å². The van der Waals surface area contributed by atoms with Crippen LogP contribution in [0.25, 0.3) is 16.8 Å². The number of ether oxygens (including phenoxy) is 2. The van der Waals surface area contributed by atoms with Gasteiger partial charge in [-0.15, -0.1) is 0 Å². The van der Waals surface area contributed by atoms with Crippen LogP contribution in [0.15, 0.2) is 30.7 Å². The second-order valence-electron chi connectivity index (χ2n) is 11.1. The van der Waals surface area contributed by atoms with E-state index in [4.69, 9.17) is 14.5 Å². The number of amides is 1. The minimum Gasteiger partial charge on any atom is -0.462 e. The van der Waals surface area contributed by atoms with Gasteiger partial charge in [-0.1, -0.05) is 0 Å². The Hall–Kier alpha value is -3.62. The van der Waals surface area contributed by atoms with Gasteiger partial charge < -0.3 is 23.7 Å². The predicted octanol–water partition coefficient (Wildman–Crippen LogP) is 5.14. The van der Waals surface area contributed by atoms with E-state index in [1.54, 1.807) is 11.1 Å². The summed E-state index contributed by atoms with van der Waals surface area (Å²) in [5.74, 6) is 0.864. The maximum absolute atomic E-state index is 13.0. The highest BCUT2D eigenvalue weighted by Gasteiger charge is 2.28. The second kappa shape index (κ2) is 11.0. The van der Waals surface area contributed by atoms with E-state index in [2.05, 4.69) is 9.38 Å². The molecule has 3 aromatic heterocycles. The molecule has 0 bridgehead atoms. The van der Waals surface area contributed by atoms with Crippen LogP contribution in [0.3, 0.4) is 0 Å². The van der Waals surface area contributed by atoms with E-state index in [0.717, 1.165) is 53.1 Å². The normalized spacial score (nSPS) is 14.6. The van der Waals surface area contributed by atoms with Crippen LogP contribution in [0, 0.1) is 12.8 Å². The summed E-state index contributed by atoms with van der Waals surface area (Å²) in [6.07, 6.45) is 5.85. The molecule has 1 amide bonds. The van der Waals surface area contributed by atoms with Gasteiger partial charge in [-0.25, -0.2) is 19.6 Å². The Kier molecular flexibility index (Phi) is 7.94. The van der Waals surface area contributed by atoms with Gasteiger partial charge in [-0.2, -0.15) is 0 Å². The summed E-state index contributed by atoms with van der Waals surface area (Å²) in [6, 6.07) is 5.82. The van der Waals surface area contributed by atoms with E-state index in [1.807, 2.05) is 78.1 Å². The number of pyridine rings is 2. The number of hydrogen-bond donors (Lipinski definition) is 0. The molecule has 1 aliphatic heterocycles. The zero-order chi connectivity index (χ0) is 27.6. The van der Waals surface area contributed by atoms with Gasteiger partial charge in [0.05, 0.1) is 23.4 Å². The molecule has 0 N–H and O–H groups in total. The molecule has 1 fully saturated rings. The van der Waals surface area contributed by atoms with Crippen LogP contribution in [-0.2, 0) is 15.9 Å². The third kappa shape index (κ3) is 5.92. The van der Waals surface area contributed by atoms with E-state index in [9.17, 15) is 9.59 Å². The van der Waals surface area contributed by atoms with Gasteiger partial charge in [0.1, 0.15) is 17.7 Å². The fourth-order valence-electron chi connectivity index (χ4n) is 4.92. The molecule has 0 spiro atoms. The van der Waals surface area contributed by atoms with Crippen molar-refractivity contribution in [2.45, 2.75) is 59.5 Å². The molecule has 1 saturated heterocycles. The molecule has 4 rings (SSSR count). The molecule has 9 heteroatoms. The molecule has 9 nitrogen and oxygen atoms in total. The minimum atomic E-state index is -0.508. The molecule has 0 saturated carbocycles. The van der Waals surface area contributed by atoms with Crippen molar-refractivity contribution in [2.75, 3.05) is 38.7 Å². The SMILES string of the molecule is CCOC(=O)c1cc2c(-c3ccnc(N(C)C)c3)ncn2c(CC2CCN(C(=O)OC(C)(C)C)CC2)c1C.